The number of carbonyl (C=O) groups is 3. The number of allylic oxidation sites excluding steroid dienone is 1. The number of esters is 1. The van der Waals surface area contributed by atoms with Crippen molar-refractivity contribution in [1.29, 1.82) is 0 Å². The van der Waals surface area contributed by atoms with Gasteiger partial charge in [0.1, 0.15) is 28.6 Å². The van der Waals surface area contributed by atoms with E-state index in [0.717, 1.165) is 0 Å². The number of aromatic hydroxyl groups is 2. The molecular formula is C34H43NO8. The van der Waals surface area contributed by atoms with Gasteiger partial charge in [0, 0.05) is 36.8 Å². The zero-order chi connectivity index (χ0) is 30.9. The fourth-order valence-corrected chi connectivity index (χ4v) is 5.93. The summed E-state index contributed by atoms with van der Waals surface area (Å²) in [5, 5.41) is 35.9. The van der Waals surface area contributed by atoms with Crippen molar-refractivity contribution < 1.29 is 39.2 Å². The average molecular weight is 594 g/mol. The summed E-state index contributed by atoms with van der Waals surface area (Å²) in [5.74, 6) is -1.71. The number of amides is 1. The zero-order valence-electron chi connectivity index (χ0n) is 25.0. The van der Waals surface area contributed by atoms with Crippen LogP contribution in [0.3, 0.4) is 0 Å². The van der Waals surface area contributed by atoms with Crippen molar-refractivity contribution in [3.05, 3.63) is 58.7 Å². The van der Waals surface area contributed by atoms with E-state index in [2.05, 4.69) is 5.32 Å². The molecule has 9 heteroatoms. The van der Waals surface area contributed by atoms with E-state index < -0.39 is 23.7 Å². The van der Waals surface area contributed by atoms with Crippen molar-refractivity contribution in [1.82, 2.24) is 5.32 Å². The van der Waals surface area contributed by atoms with Gasteiger partial charge < -0.3 is 30.1 Å². The minimum Gasteiger partial charge on any atom is -0.507 e. The highest BCUT2D eigenvalue weighted by Gasteiger charge is 2.31. The van der Waals surface area contributed by atoms with Gasteiger partial charge in [-0.15, -0.1) is 0 Å². The minimum absolute atomic E-state index is 0.0582. The predicted octanol–water partition coefficient (Wildman–Crippen LogP) is 5.53. The molecule has 43 heavy (non-hydrogen) atoms. The summed E-state index contributed by atoms with van der Waals surface area (Å²) in [4.78, 5) is 39.0. The monoisotopic (exact) mass is 593 g/mol. The lowest BCUT2D eigenvalue weighted by Gasteiger charge is -2.27. The van der Waals surface area contributed by atoms with Gasteiger partial charge >= 0.3 is 5.97 Å². The molecule has 0 radical (unpaired) electrons. The molecule has 1 fully saturated rings. The highest BCUT2D eigenvalue weighted by Crippen LogP contribution is 2.44. The van der Waals surface area contributed by atoms with Gasteiger partial charge in [-0.2, -0.15) is 0 Å². The van der Waals surface area contributed by atoms with Crippen LogP contribution in [-0.2, 0) is 14.3 Å². The van der Waals surface area contributed by atoms with E-state index in [1.165, 1.54) is 6.07 Å². The second-order valence-corrected chi connectivity index (χ2v) is 11.7. The van der Waals surface area contributed by atoms with Crippen LogP contribution < -0.4 is 10.1 Å². The Labute approximate surface area is 252 Å². The minimum atomic E-state index is -0.793. The van der Waals surface area contributed by atoms with Crippen molar-refractivity contribution in [2.45, 2.75) is 102 Å². The van der Waals surface area contributed by atoms with E-state index >= 15 is 0 Å². The van der Waals surface area contributed by atoms with Crippen molar-refractivity contribution in [2.75, 3.05) is 7.11 Å². The SMILES string of the molecule is COc1ccc(C(CC(=O)NC2CCC(O)CC2)c2c(O)cc3c(c2O)C(=O)O[C@@H](C)CCCC(=O)CCC/C=C/3)cc1. The molecule has 4 rings (SSSR count). The number of aliphatic hydroxyl groups excluding tert-OH is 1. The molecule has 4 N–H and O–H groups in total. The number of fused-ring (bicyclic) bond motifs is 1. The third-order valence-corrected chi connectivity index (χ3v) is 8.37. The van der Waals surface area contributed by atoms with Crippen LogP contribution >= 0.6 is 0 Å². The van der Waals surface area contributed by atoms with Gasteiger partial charge in [0.25, 0.3) is 0 Å². The summed E-state index contributed by atoms with van der Waals surface area (Å²) >= 11 is 0. The van der Waals surface area contributed by atoms with Crippen LogP contribution in [0.5, 0.6) is 17.2 Å². The molecule has 1 aliphatic heterocycles. The molecule has 1 amide bonds. The smallest absolute Gasteiger partial charge is 0.342 e. The lowest BCUT2D eigenvalue weighted by Crippen LogP contribution is -2.39. The molecule has 1 saturated carbocycles. The number of phenols is 2. The van der Waals surface area contributed by atoms with E-state index in [0.29, 0.717) is 75.5 Å². The van der Waals surface area contributed by atoms with Gasteiger partial charge in [0.15, 0.2) is 0 Å². The maximum Gasteiger partial charge on any atom is 0.342 e. The van der Waals surface area contributed by atoms with Gasteiger partial charge in [0.05, 0.1) is 19.3 Å². The first kappa shape index (κ1) is 32.1. The van der Waals surface area contributed by atoms with E-state index in [4.69, 9.17) is 9.47 Å². The summed E-state index contributed by atoms with van der Waals surface area (Å²) in [6.07, 6.45) is 8.32. The number of hydrogen-bond donors (Lipinski definition) is 4. The van der Waals surface area contributed by atoms with Crippen molar-refractivity contribution in [3.8, 4) is 17.2 Å². The van der Waals surface area contributed by atoms with Crippen LogP contribution in [0.4, 0.5) is 0 Å². The molecule has 2 aliphatic rings. The number of benzene rings is 2. The third kappa shape index (κ3) is 8.60. The number of ketones is 1. The second-order valence-electron chi connectivity index (χ2n) is 11.7. The van der Waals surface area contributed by atoms with Crippen LogP contribution in [0.15, 0.2) is 36.4 Å². The van der Waals surface area contributed by atoms with Crippen LogP contribution in [0.2, 0.25) is 0 Å². The van der Waals surface area contributed by atoms with Crippen LogP contribution in [-0.4, -0.2) is 58.3 Å². The molecule has 1 aliphatic carbocycles. The van der Waals surface area contributed by atoms with Gasteiger partial charge in [-0.1, -0.05) is 24.3 Å². The fourth-order valence-electron chi connectivity index (χ4n) is 5.93. The van der Waals surface area contributed by atoms with Crippen LogP contribution in [0, 0.1) is 0 Å². The quantitative estimate of drug-likeness (QED) is 0.320. The van der Waals surface area contributed by atoms with Crippen LogP contribution in [0.1, 0.15) is 111 Å². The molecule has 2 atom stereocenters. The first-order chi connectivity index (χ1) is 20.7. The van der Waals surface area contributed by atoms with Crippen molar-refractivity contribution in [3.63, 3.8) is 0 Å². The topological polar surface area (TPSA) is 142 Å². The Kier molecular flexibility index (Phi) is 11.2. The summed E-state index contributed by atoms with van der Waals surface area (Å²) in [6, 6.07) is 8.34. The van der Waals surface area contributed by atoms with E-state index in [9.17, 15) is 29.7 Å². The number of ether oxygens (including phenoxy) is 2. The van der Waals surface area contributed by atoms with E-state index in [1.54, 1.807) is 44.4 Å². The molecule has 1 heterocycles. The number of aliphatic hydroxyl groups is 1. The molecule has 0 bridgehead atoms. The summed E-state index contributed by atoms with van der Waals surface area (Å²) in [5.41, 5.74) is 0.911. The summed E-state index contributed by atoms with van der Waals surface area (Å²) < 4.78 is 11.0. The molecular weight excluding hydrogens is 550 g/mol. The largest absolute Gasteiger partial charge is 0.507 e. The van der Waals surface area contributed by atoms with Crippen LogP contribution in [0.25, 0.3) is 6.08 Å². The number of rotatable bonds is 6. The Morgan fingerprint density at radius 3 is 2.44 bits per heavy atom. The number of carbonyl (C=O) groups excluding carboxylic acids is 3. The Balaban J connectivity index is 1.73. The number of nitrogens with one attached hydrogen (secondary N) is 1. The molecule has 1 unspecified atom stereocenters. The Morgan fingerprint density at radius 1 is 1.05 bits per heavy atom. The molecule has 2 aromatic carbocycles. The normalized spacial score (nSPS) is 23.3. The maximum atomic E-state index is 13.5. The molecule has 0 aromatic heterocycles. The summed E-state index contributed by atoms with van der Waals surface area (Å²) in [7, 11) is 1.55. The third-order valence-electron chi connectivity index (χ3n) is 8.37. The second kappa shape index (κ2) is 15.0. The average Bonchev–Trinajstić information content (AvgIpc) is 2.97. The Morgan fingerprint density at radius 2 is 1.74 bits per heavy atom. The predicted molar refractivity (Wildman–Crippen MR) is 162 cm³/mol. The Hall–Kier alpha value is -3.85. The maximum absolute atomic E-state index is 13.5. The molecule has 0 saturated heterocycles. The number of Topliss-reactive ketones (excluding diaryl/α,β-unsaturated/α-hetero) is 1. The Bertz CT molecular complexity index is 1310. The molecule has 2 aromatic rings. The standard InChI is InChI=1S/C34H43NO8/c1-21-7-6-10-25(36)9-5-3-4-8-23-19-29(38)32(33(40)31(23)34(41)43-21)28(22-11-17-27(42-2)18-12-22)20-30(39)35-24-13-15-26(37)16-14-24/h4,8,11-12,17-19,21,24,26,28,37-38,40H,3,5-7,9-10,13-16,20H2,1-2H3,(H,35,39)/b8-4+/t21-,24?,26?,28?/m0/s1. The van der Waals surface area contributed by atoms with Crippen molar-refractivity contribution in [2.24, 2.45) is 0 Å². The number of cyclic esters (lactones) is 1. The molecule has 232 valence electrons. The van der Waals surface area contributed by atoms with Gasteiger partial charge in [-0.05, 0) is 87.6 Å². The lowest BCUT2D eigenvalue weighted by molar-refractivity contribution is -0.122. The number of phenolic OH excluding ortho intramolecular Hbond substituents is 2. The van der Waals surface area contributed by atoms with Gasteiger partial charge in [-0.25, -0.2) is 4.79 Å². The first-order valence-corrected chi connectivity index (χ1v) is 15.3. The molecule has 9 nitrogen and oxygen atoms in total. The molecule has 0 spiro atoms. The number of methoxy groups -OCH3 is 1. The van der Waals surface area contributed by atoms with Crippen molar-refractivity contribution >= 4 is 23.7 Å². The van der Waals surface area contributed by atoms with E-state index in [1.807, 2.05) is 6.08 Å². The van der Waals surface area contributed by atoms with E-state index in [-0.39, 0.29) is 52.7 Å². The highest BCUT2D eigenvalue weighted by atomic mass is 16.5. The van der Waals surface area contributed by atoms with Gasteiger partial charge in [0.2, 0.25) is 5.91 Å². The fraction of sp³-hybridized carbons (Fsp3) is 0.500. The summed E-state index contributed by atoms with van der Waals surface area (Å²) in [6.45, 7) is 1.75. The zero-order valence-corrected chi connectivity index (χ0v) is 25.0. The van der Waals surface area contributed by atoms with Gasteiger partial charge in [-0.3, -0.25) is 9.59 Å². The first-order valence-electron chi connectivity index (χ1n) is 15.3. The highest BCUT2D eigenvalue weighted by molar-refractivity contribution is 5.98. The lowest BCUT2D eigenvalue weighted by atomic mass is 9.84. The number of hydrogen-bond acceptors (Lipinski definition) is 8.